The van der Waals surface area contributed by atoms with Crippen molar-refractivity contribution in [2.45, 2.75) is 39.3 Å². The van der Waals surface area contributed by atoms with Crippen LogP contribution in [0.25, 0.3) is 11.0 Å². The lowest BCUT2D eigenvalue weighted by molar-refractivity contribution is 0.242. The second kappa shape index (κ2) is 7.97. The maximum atomic E-state index is 5.66. The molecule has 1 heterocycles. The second-order valence-corrected chi connectivity index (χ2v) is 6.29. The quantitative estimate of drug-likeness (QED) is 0.614. The molecule has 4 nitrogen and oxygen atoms in total. The number of hydrogen-bond acceptors (Lipinski definition) is 3. The summed E-state index contributed by atoms with van der Waals surface area (Å²) in [4.78, 5) is 7.98. The Morgan fingerprint density at radius 2 is 1.88 bits per heavy atom. The Balaban J connectivity index is 1.39. The lowest BCUT2D eigenvalue weighted by Gasteiger charge is -2.10. The molecule has 0 bridgehead atoms. The molecule has 0 radical (unpaired) electrons. The highest BCUT2D eigenvalue weighted by atomic mass is 16.5. The summed E-state index contributed by atoms with van der Waals surface area (Å²) >= 11 is 0. The van der Waals surface area contributed by atoms with E-state index in [2.05, 4.69) is 33.5 Å². The molecule has 0 amide bonds. The van der Waals surface area contributed by atoms with E-state index < -0.39 is 0 Å². The van der Waals surface area contributed by atoms with Gasteiger partial charge in [-0.25, -0.2) is 4.98 Å². The Morgan fingerprint density at radius 1 is 1.08 bits per heavy atom. The van der Waals surface area contributed by atoms with Crippen LogP contribution in [0.2, 0.25) is 0 Å². The molecule has 0 aliphatic carbocycles. The smallest absolute Gasteiger partial charge is 0.119 e. The standard InChI is InChI=1S/C20H25N3O/c1-15(2)24-17-11-9-16(10-12-17)14-21-13-5-8-20-22-18-6-3-4-7-19(18)23-20/h3-4,6-7,9-12,15,21H,5,8,13-14H2,1-2H3,(H,22,23). The number of hydrogen-bond donors (Lipinski definition) is 2. The van der Waals surface area contributed by atoms with Crippen molar-refractivity contribution in [3.63, 3.8) is 0 Å². The highest BCUT2D eigenvalue weighted by molar-refractivity contribution is 5.74. The van der Waals surface area contributed by atoms with E-state index in [1.165, 1.54) is 5.56 Å². The van der Waals surface area contributed by atoms with Gasteiger partial charge in [0, 0.05) is 13.0 Å². The van der Waals surface area contributed by atoms with Gasteiger partial charge in [0.15, 0.2) is 0 Å². The van der Waals surface area contributed by atoms with Crippen LogP contribution >= 0.6 is 0 Å². The fourth-order valence-electron chi connectivity index (χ4n) is 2.70. The van der Waals surface area contributed by atoms with Crippen LogP contribution in [-0.2, 0) is 13.0 Å². The van der Waals surface area contributed by atoms with E-state index >= 15 is 0 Å². The Hall–Kier alpha value is -2.33. The molecule has 4 heteroatoms. The van der Waals surface area contributed by atoms with Gasteiger partial charge in [-0.2, -0.15) is 0 Å². The number of para-hydroxylation sites is 2. The number of ether oxygens (including phenoxy) is 1. The fraction of sp³-hybridized carbons (Fsp3) is 0.350. The zero-order valence-corrected chi connectivity index (χ0v) is 14.4. The first-order valence-corrected chi connectivity index (χ1v) is 8.60. The number of H-pyrrole nitrogens is 1. The van der Waals surface area contributed by atoms with Gasteiger partial charge in [0.05, 0.1) is 17.1 Å². The molecular weight excluding hydrogens is 298 g/mol. The molecule has 1 aromatic heterocycles. The molecule has 3 rings (SSSR count). The average Bonchev–Trinajstić information content (AvgIpc) is 2.98. The minimum atomic E-state index is 0.215. The van der Waals surface area contributed by atoms with Crippen LogP contribution < -0.4 is 10.1 Å². The largest absolute Gasteiger partial charge is 0.491 e. The number of aromatic nitrogens is 2. The lowest BCUT2D eigenvalue weighted by atomic mass is 10.2. The normalized spacial score (nSPS) is 11.3. The van der Waals surface area contributed by atoms with Gasteiger partial charge in [-0.05, 0) is 56.6 Å². The molecule has 24 heavy (non-hydrogen) atoms. The fourth-order valence-corrected chi connectivity index (χ4v) is 2.70. The van der Waals surface area contributed by atoms with E-state index in [9.17, 15) is 0 Å². The second-order valence-electron chi connectivity index (χ2n) is 6.29. The highest BCUT2D eigenvalue weighted by Gasteiger charge is 2.02. The number of nitrogens with one attached hydrogen (secondary N) is 2. The summed E-state index contributed by atoms with van der Waals surface area (Å²) in [5, 5.41) is 3.48. The summed E-state index contributed by atoms with van der Waals surface area (Å²) in [5.74, 6) is 1.99. The van der Waals surface area contributed by atoms with Gasteiger partial charge in [-0.3, -0.25) is 0 Å². The number of benzene rings is 2. The molecule has 0 saturated heterocycles. The minimum absolute atomic E-state index is 0.215. The lowest BCUT2D eigenvalue weighted by Crippen LogP contribution is -2.15. The van der Waals surface area contributed by atoms with Gasteiger partial charge in [0.1, 0.15) is 11.6 Å². The van der Waals surface area contributed by atoms with Crippen molar-refractivity contribution < 1.29 is 4.74 Å². The zero-order chi connectivity index (χ0) is 16.8. The predicted molar refractivity (Wildman–Crippen MR) is 98.3 cm³/mol. The molecule has 2 aromatic carbocycles. The Kier molecular flexibility index (Phi) is 5.49. The van der Waals surface area contributed by atoms with Gasteiger partial charge in [0.25, 0.3) is 0 Å². The van der Waals surface area contributed by atoms with Crippen molar-refractivity contribution in [2.75, 3.05) is 6.54 Å². The molecule has 0 fully saturated rings. The maximum Gasteiger partial charge on any atom is 0.119 e. The predicted octanol–water partition coefficient (Wildman–Crippen LogP) is 4.07. The topological polar surface area (TPSA) is 49.9 Å². The first kappa shape index (κ1) is 16.5. The third-order valence-electron chi connectivity index (χ3n) is 3.83. The average molecular weight is 323 g/mol. The highest BCUT2D eigenvalue weighted by Crippen LogP contribution is 2.14. The Labute approximate surface area is 143 Å². The first-order chi connectivity index (χ1) is 11.7. The van der Waals surface area contributed by atoms with Gasteiger partial charge < -0.3 is 15.0 Å². The van der Waals surface area contributed by atoms with Crippen LogP contribution in [0.5, 0.6) is 5.75 Å². The molecule has 0 atom stereocenters. The summed E-state index contributed by atoms with van der Waals surface area (Å²) in [6, 6.07) is 16.5. The van der Waals surface area contributed by atoms with Crippen molar-refractivity contribution in [1.82, 2.24) is 15.3 Å². The SMILES string of the molecule is CC(C)Oc1ccc(CNCCCc2nc3ccccc3[nH]2)cc1. The summed E-state index contributed by atoms with van der Waals surface area (Å²) < 4.78 is 5.66. The van der Waals surface area contributed by atoms with Gasteiger partial charge in [-0.1, -0.05) is 24.3 Å². The van der Waals surface area contributed by atoms with Crippen LogP contribution in [-0.4, -0.2) is 22.6 Å². The van der Waals surface area contributed by atoms with Crippen molar-refractivity contribution in [3.8, 4) is 5.75 Å². The summed E-state index contributed by atoms with van der Waals surface area (Å²) in [5.41, 5.74) is 3.43. The maximum absolute atomic E-state index is 5.66. The van der Waals surface area contributed by atoms with E-state index in [4.69, 9.17) is 4.74 Å². The first-order valence-electron chi connectivity index (χ1n) is 8.60. The number of imidazole rings is 1. The van der Waals surface area contributed by atoms with Crippen molar-refractivity contribution in [3.05, 3.63) is 59.9 Å². The molecule has 0 aliphatic rings. The summed E-state index contributed by atoms with van der Waals surface area (Å²) in [6.45, 7) is 5.93. The molecular formula is C20H25N3O. The number of fused-ring (bicyclic) bond motifs is 1. The van der Waals surface area contributed by atoms with Crippen molar-refractivity contribution in [1.29, 1.82) is 0 Å². The van der Waals surface area contributed by atoms with E-state index in [0.717, 1.165) is 48.5 Å². The van der Waals surface area contributed by atoms with Gasteiger partial charge in [-0.15, -0.1) is 0 Å². The molecule has 0 spiro atoms. The molecule has 3 aromatic rings. The summed E-state index contributed by atoms with van der Waals surface area (Å²) in [6.07, 6.45) is 2.24. The van der Waals surface area contributed by atoms with Gasteiger partial charge in [0.2, 0.25) is 0 Å². The van der Waals surface area contributed by atoms with Crippen LogP contribution in [0.15, 0.2) is 48.5 Å². The third-order valence-corrected chi connectivity index (χ3v) is 3.83. The molecule has 0 unspecified atom stereocenters. The number of nitrogens with zero attached hydrogens (tertiary/aromatic N) is 1. The van der Waals surface area contributed by atoms with Crippen LogP contribution in [0, 0.1) is 0 Å². The number of aromatic amines is 1. The van der Waals surface area contributed by atoms with Crippen LogP contribution in [0.3, 0.4) is 0 Å². The van der Waals surface area contributed by atoms with Crippen molar-refractivity contribution in [2.24, 2.45) is 0 Å². The van der Waals surface area contributed by atoms with Crippen LogP contribution in [0.4, 0.5) is 0 Å². The monoisotopic (exact) mass is 323 g/mol. The number of aryl methyl sites for hydroxylation is 1. The van der Waals surface area contributed by atoms with E-state index in [-0.39, 0.29) is 6.10 Å². The zero-order valence-electron chi connectivity index (χ0n) is 14.4. The Bertz CT molecular complexity index is 729. The Morgan fingerprint density at radius 3 is 2.62 bits per heavy atom. The molecule has 126 valence electrons. The molecule has 0 aliphatic heterocycles. The third kappa shape index (κ3) is 4.59. The van der Waals surface area contributed by atoms with E-state index in [0.29, 0.717) is 0 Å². The number of rotatable bonds is 8. The van der Waals surface area contributed by atoms with Gasteiger partial charge >= 0.3 is 0 Å². The molecule has 0 saturated carbocycles. The van der Waals surface area contributed by atoms with E-state index in [1.54, 1.807) is 0 Å². The minimum Gasteiger partial charge on any atom is -0.491 e. The van der Waals surface area contributed by atoms with Crippen LogP contribution in [0.1, 0.15) is 31.7 Å². The molecule has 2 N–H and O–H groups in total. The van der Waals surface area contributed by atoms with Crippen molar-refractivity contribution >= 4 is 11.0 Å². The summed E-state index contributed by atoms with van der Waals surface area (Å²) in [7, 11) is 0. The van der Waals surface area contributed by atoms with E-state index in [1.807, 2.05) is 44.2 Å².